The van der Waals surface area contributed by atoms with Crippen LogP contribution >= 0.6 is 0 Å². The fraction of sp³-hybridized carbons (Fsp3) is 0. The van der Waals surface area contributed by atoms with Crippen LogP contribution < -0.4 is 34.5 Å². The molecule has 1 heterocycles. The number of fused-ring (bicyclic) bond motifs is 1. The Kier molecular flexibility index (Phi) is 4.19. The van der Waals surface area contributed by atoms with E-state index in [0.717, 1.165) is 0 Å². The van der Waals surface area contributed by atoms with Gasteiger partial charge in [0.05, 0.1) is 4.90 Å². The number of benzene rings is 2. The normalized spacial score (nSPS) is 15.8. The minimum absolute atomic E-state index is 0. The molecule has 2 amide bonds. The van der Waals surface area contributed by atoms with Gasteiger partial charge in [0.15, 0.2) is 6.03 Å². The molecule has 0 bridgehead atoms. The number of para-hydroxylation sites is 2. The molecule has 1 aliphatic heterocycles. The van der Waals surface area contributed by atoms with Crippen LogP contribution in [0.1, 0.15) is 0 Å². The summed E-state index contributed by atoms with van der Waals surface area (Å²) in [5, 5.41) is 0. The predicted molar refractivity (Wildman–Crippen MR) is 71.0 cm³/mol. The van der Waals surface area contributed by atoms with Crippen molar-refractivity contribution < 1.29 is 42.8 Å². The van der Waals surface area contributed by atoms with E-state index in [-0.39, 0.29) is 34.5 Å². The SMILES string of the molecule is O=C1[N-]S(=O)(=O)c2ccccc2N1c1ccccc1.[Na+]. The Morgan fingerprint density at radius 3 is 2.20 bits per heavy atom. The third kappa shape index (κ3) is 2.47. The van der Waals surface area contributed by atoms with Crippen molar-refractivity contribution >= 4 is 27.4 Å². The van der Waals surface area contributed by atoms with E-state index in [4.69, 9.17) is 0 Å². The maximum atomic E-state index is 12.0. The fourth-order valence-electron chi connectivity index (χ4n) is 1.98. The summed E-state index contributed by atoms with van der Waals surface area (Å²) in [6.07, 6.45) is 0. The van der Waals surface area contributed by atoms with Gasteiger partial charge in [-0.25, -0.2) is 8.42 Å². The Balaban J connectivity index is 0.00000147. The summed E-state index contributed by atoms with van der Waals surface area (Å²) in [7, 11) is -3.90. The van der Waals surface area contributed by atoms with E-state index in [1.165, 1.54) is 11.0 Å². The summed E-state index contributed by atoms with van der Waals surface area (Å²) >= 11 is 0. The first kappa shape index (κ1) is 15.1. The summed E-state index contributed by atoms with van der Waals surface area (Å²) < 4.78 is 27.0. The number of urea groups is 1. The Hall–Kier alpha value is -1.34. The molecule has 0 atom stereocenters. The van der Waals surface area contributed by atoms with Gasteiger partial charge in [0.2, 0.25) is 10.0 Å². The molecule has 0 radical (unpaired) electrons. The van der Waals surface area contributed by atoms with E-state index < -0.39 is 16.1 Å². The minimum Gasteiger partial charge on any atom is -0.382 e. The van der Waals surface area contributed by atoms with Gasteiger partial charge in [-0.3, -0.25) is 4.79 Å². The number of carbonyl (C=O) groups is 1. The summed E-state index contributed by atoms with van der Waals surface area (Å²) in [6.45, 7) is 0. The molecule has 2 aromatic carbocycles. The van der Waals surface area contributed by atoms with Crippen LogP contribution in [0.15, 0.2) is 59.5 Å². The van der Waals surface area contributed by atoms with Crippen LogP contribution in [0.2, 0.25) is 0 Å². The molecule has 5 nitrogen and oxygen atoms in total. The summed E-state index contributed by atoms with van der Waals surface area (Å²) in [4.78, 5) is 13.3. The number of carbonyl (C=O) groups excluding carboxylic acids is 1. The fourth-order valence-corrected chi connectivity index (χ4v) is 3.04. The Morgan fingerprint density at radius 2 is 1.50 bits per heavy atom. The number of nitrogens with zero attached hydrogens (tertiary/aromatic N) is 2. The molecule has 0 N–H and O–H groups in total. The number of anilines is 2. The smallest absolute Gasteiger partial charge is 0.382 e. The molecule has 0 aliphatic carbocycles. The van der Waals surface area contributed by atoms with Crippen molar-refractivity contribution in [2.75, 3.05) is 4.90 Å². The number of hydrogen-bond acceptors (Lipinski definition) is 3. The van der Waals surface area contributed by atoms with Gasteiger partial charge in [0, 0.05) is 0 Å². The largest absolute Gasteiger partial charge is 1.00 e. The van der Waals surface area contributed by atoms with E-state index in [9.17, 15) is 13.2 Å². The van der Waals surface area contributed by atoms with Gasteiger partial charge in [-0.2, -0.15) is 0 Å². The van der Waals surface area contributed by atoms with Crippen molar-refractivity contribution in [1.82, 2.24) is 0 Å². The van der Waals surface area contributed by atoms with Crippen molar-refractivity contribution in [3.05, 3.63) is 59.3 Å². The van der Waals surface area contributed by atoms with Gasteiger partial charge in [-0.15, -0.1) is 0 Å². The first-order valence-electron chi connectivity index (χ1n) is 5.56. The summed E-state index contributed by atoms with van der Waals surface area (Å²) in [6, 6.07) is 14.3. The van der Waals surface area contributed by atoms with Crippen LogP contribution in [0.5, 0.6) is 0 Å². The molecule has 0 unspecified atom stereocenters. The molecule has 1 aliphatic rings. The standard InChI is InChI=1S/C13H10N2O3S.Na/c16-13-14-19(17,18)12-9-5-4-8-11(12)15(13)10-6-2-1-3-7-10;/h1-9H,(H,14,16);/q;+1/p-1. The topological polar surface area (TPSA) is 68.5 Å². The molecule has 96 valence electrons. The Bertz CT molecular complexity index is 747. The van der Waals surface area contributed by atoms with Gasteiger partial charge in [-0.05, 0) is 17.4 Å². The molecule has 0 saturated carbocycles. The van der Waals surface area contributed by atoms with Crippen molar-refractivity contribution in [3.63, 3.8) is 0 Å². The zero-order valence-electron chi connectivity index (χ0n) is 10.7. The van der Waals surface area contributed by atoms with Gasteiger partial charge in [0.1, 0.15) is 0 Å². The van der Waals surface area contributed by atoms with Gasteiger partial charge >= 0.3 is 29.6 Å². The number of hydrogen-bond donors (Lipinski definition) is 0. The van der Waals surface area contributed by atoms with Crippen LogP contribution in [0.25, 0.3) is 4.72 Å². The Labute approximate surface area is 138 Å². The van der Waals surface area contributed by atoms with Crippen LogP contribution in [-0.2, 0) is 10.0 Å². The first-order chi connectivity index (χ1) is 9.09. The maximum Gasteiger partial charge on any atom is 1.00 e. The third-order valence-corrected chi connectivity index (χ3v) is 4.09. The number of amides is 2. The average molecular weight is 296 g/mol. The van der Waals surface area contributed by atoms with Gasteiger partial charge in [0.25, 0.3) is 0 Å². The Morgan fingerprint density at radius 1 is 0.900 bits per heavy atom. The first-order valence-corrected chi connectivity index (χ1v) is 7.00. The molecule has 20 heavy (non-hydrogen) atoms. The number of rotatable bonds is 1. The van der Waals surface area contributed by atoms with Crippen LogP contribution in [-0.4, -0.2) is 14.4 Å². The second-order valence-electron chi connectivity index (χ2n) is 3.99. The van der Waals surface area contributed by atoms with E-state index >= 15 is 0 Å². The van der Waals surface area contributed by atoms with E-state index in [1.807, 2.05) is 6.07 Å². The molecule has 2 aromatic rings. The van der Waals surface area contributed by atoms with Crippen LogP contribution in [0.3, 0.4) is 0 Å². The van der Waals surface area contributed by atoms with E-state index in [0.29, 0.717) is 11.4 Å². The average Bonchev–Trinajstić information content (AvgIpc) is 2.39. The van der Waals surface area contributed by atoms with E-state index in [1.54, 1.807) is 42.5 Å². The van der Waals surface area contributed by atoms with Crippen molar-refractivity contribution in [2.24, 2.45) is 0 Å². The monoisotopic (exact) mass is 296 g/mol. The van der Waals surface area contributed by atoms with Gasteiger partial charge < -0.3 is 9.62 Å². The minimum atomic E-state index is -3.90. The van der Waals surface area contributed by atoms with Crippen LogP contribution in [0, 0.1) is 0 Å². The zero-order chi connectivity index (χ0) is 13.5. The summed E-state index contributed by atoms with van der Waals surface area (Å²) in [5.74, 6) is 0. The van der Waals surface area contributed by atoms with Crippen molar-refractivity contribution in [1.29, 1.82) is 0 Å². The molecule has 3 rings (SSSR count). The molecule has 7 heteroatoms. The summed E-state index contributed by atoms with van der Waals surface area (Å²) in [5.41, 5.74) is 0.910. The van der Waals surface area contributed by atoms with Crippen LogP contribution in [0.4, 0.5) is 16.2 Å². The number of sulfonamides is 1. The van der Waals surface area contributed by atoms with Crippen molar-refractivity contribution in [3.8, 4) is 0 Å². The zero-order valence-corrected chi connectivity index (χ0v) is 13.5. The molecule has 0 aromatic heterocycles. The quantitative estimate of drug-likeness (QED) is 0.697. The van der Waals surface area contributed by atoms with Crippen molar-refractivity contribution in [2.45, 2.75) is 4.90 Å². The molecular formula is C13H9N2NaO3S. The molecule has 0 fully saturated rings. The maximum absolute atomic E-state index is 12.0. The molecule has 0 saturated heterocycles. The molecule has 0 spiro atoms. The predicted octanol–water partition coefficient (Wildman–Crippen LogP) is 0.0247. The van der Waals surface area contributed by atoms with E-state index in [2.05, 4.69) is 4.72 Å². The third-order valence-electron chi connectivity index (χ3n) is 2.79. The second kappa shape index (κ2) is 5.57. The second-order valence-corrected chi connectivity index (χ2v) is 5.56. The van der Waals surface area contributed by atoms with Gasteiger partial charge in [-0.1, -0.05) is 48.5 Å². The molecular weight excluding hydrogens is 287 g/mol.